The van der Waals surface area contributed by atoms with Gasteiger partial charge in [0.1, 0.15) is 0 Å². The van der Waals surface area contributed by atoms with Crippen LogP contribution < -0.4 is 0 Å². The van der Waals surface area contributed by atoms with Crippen molar-refractivity contribution < 1.29 is 10.2 Å². The fourth-order valence-electron chi connectivity index (χ4n) is 8.73. The van der Waals surface area contributed by atoms with Gasteiger partial charge in [0.15, 0.2) is 0 Å². The fourth-order valence-corrected chi connectivity index (χ4v) is 8.73. The standard InChI is InChI=1S/C25H44O2/c1-4-25(27)15-14-24(3)19(17-25)8-10-20-21-11-9-18(7-5-6-16-26)23(21,2)13-12-22(20)24/h18-22,26-27H,4-17H2,1-3H3/t18-,19?,20?,21?,22?,23?,24?,25-/m0/s1. The maximum atomic E-state index is 10.9. The van der Waals surface area contributed by atoms with Gasteiger partial charge in [-0.25, -0.2) is 0 Å². The minimum Gasteiger partial charge on any atom is -0.396 e. The Morgan fingerprint density at radius 2 is 1.63 bits per heavy atom. The van der Waals surface area contributed by atoms with Gasteiger partial charge >= 0.3 is 0 Å². The molecule has 0 bridgehead atoms. The van der Waals surface area contributed by atoms with Gasteiger partial charge in [0.2, 0.25) is 0 Å². The number of rotatable bonds is 5. The number of fused-ring (bicyclic) bond motifs is 5. The maximum absolute atomic E-state index is 10.9. The zero-order chi connectivity index (χ0) is 19.3. The molecule has 4 aliphatic rings. The first-order valence-electron chi connectivity index (χ1n) is 12.2. The zero-order valence-electron chi connectivity index (χ0n) is 18.2. The number of aliphatic hydroxyl groups is 2. The molecule has 2 N–H and O–H groups in total. The van der Waals surface area contributed by atoms with Crippen molar-refractivity contribution in [3.8, 4) is 0 Å². The van der Waals surface area contributed by atoms with Crippen molar-refractivity contribution in [2.75, 3.05) is 6.61 Å². The maximum Gasteiger partial charge on any atom is 0.0648 e. The Morgan fingerprint density at radius 3 is 2.37 bits per heavy atom. The molecule has 4 fully saturated rings. The summed E-state index contributed by atoms with van der Waals surface area (Å²) in [5, 5.41) is 20.1. The second kappa shape index (κ2) is 7.31. The molecule has 0 aliphatic heterocycles. The third-order valence-electron chi connectivity index (χ3n) is 10.6. The highest BCUT2D eigenvalue weighted by Gasteiger charge is 2.60. The summed E-state index contributed by atoms with van der Waals surface area (Å²) in [6, 6.07) is 0. The monoisotopic (exact) mass is 376 g/mol. The molecule has 2 nitrogen and oxygen atoms in total. The lowest BCUT2D eigenvalue weighted by molar-refractivity contribution is -0.151. The van der Waals surface area contributed by atoms with Crippen LogP contribution >= 0.6 is 0 Å². The average Bonchev–Trinajstić information content (AvgIpc) is 2.99. The van der Waals surface area contributed by atoms with Gasteiger partial charge in [0.05, 0.1) is 5.60 Å². The molecular weight excluding hydrogens is 332 g/mol. The summed E-state index contributed by atoms with van der Waals surface area (Å²) in [7, 11) is 0. The SMILES string of the molecule is CC[C@]1(O)CCC2(C)C(CCC3C2CCC2(C)C3CC[C@@H]2CCCCO)C1. The molecule has 8 atom stereocenters. The summed E-state index contributed by atoms with van der Waals surface area (Å²) >= 11 is 0. The van der Waals surface area contributed by atoms with Crippen LogP contribution in [0, 0.1) is 40.4 Å². The van der Waals surface area contributed by atoms with Gasteiger partial charge in [-0.2, -0.15) is 0 Å². The number of hydrogen-bond donors (Lipinski definition) is 2. The van der Waals surface area contributed by atoms with E-state index in [1.807, 2.05) is 0 Å². The molecule has 0 amide bonds. The first-order valence-corrected chi connectivity index (χ1v) is 12.2. The Kier molecular flexibility index (Phi) is 5.47. The van der Waals surface area contributed by atoms with Crippen LogP contribution in [0.4, 0.5) is 0 Å². The third kappa shape index (κ3) is 3.21. The van der Waals surface area contributed by atoms with E-state index in [0.717, 1.165) is 55.3 Å². The van der Waals surface area contributed by atoms with Crippen molar-refractivity contribution in [1.82, 2.24) is 0 Å². The first-order chi connectivity index (χ1) is 12.9. The molecule has 0 heterocycles. The van der Waals surface area contributed by atoms with Crippen LogP contribution in [-0.4, -0.2) is 22.4 Å². The van der Waals surface area contributed by atoms with E-state index < -0.39 is 0 Å². The molecule has 0 radical (unpaired) electrons. The van der Waals surface area contributed by atoms with Crippen molar-refractivity contribution in [2.24, 2.45) is 40.4 Å². The smallest absolute Gasteiger partial charge is 0.0648 e. The van der Waals surface area contributed by atoms with Crippen LogP contribution in [0.15, 0.2) is 0 Å². The molecule has 0 aromatic rings. The second-order valence-electron chi connectivity index (χ2n) is 11.5. The topological polar surface area (TPSA) is 40.5 Å². The lowest BCUT2D eigenvalue weighted by atomic mass is 9.43. The molecule has 0 aromatic heterocycles. The molecule has 4 rings (SSSR count). The summed E-state index contributed by atoms with van der Waals surface area (Å²) in [6.07, 6.45) is 16.4. The summed E-state index contributed by atoms with van der Waals surface area (Å²) in [4.78, 5) is 0. The van der Waals surface area contributed by atoms with Crippen LogP contribution in [0.5, 0.6) is 0 Å². The van der Waals surface area contributed by atoms with Crippen LogP contribution in [0.1, 0.15) is 104 Å². The minimum absolute atomic E-state index is 0.363. The van der Waals surface area contributed by atoms with E-state index in [9.17, 15) is 5.11 Å². The molecule has 156 valence electrons. The first kappa shape index (κ1) is 20.2. The Bertz CT molecular complexity index is 532. The molecular formula is C25H44O2. The summed E-state index contributed by atoms with van der Waals surface area (Å²) in [5.74, 6) is 4.45. The van der Waals surface area contributed by atoms with Gasteiger partial charge in [-0.05, 0) is 117 Å². The lowest BCUT2D eigenvalue weighted by Crippen LogP contribution is -2.55. The van der Waals surface area contributed by atoms with Crippen molar-refractivity contribution >= 4 is 0 Å². The van der Waals surface area contributed by atoms with E-state index in [1.165, 1.54) is 57.8 Å². The Balaban J connectivity index is 1.49. The van der Waals surface area contributed by atoms with E-state index >= 15 is 0 Å². The largest absolute Gasteiger partial charge is 0.396 e. The lowest BCUT2D eigenvalue weighted by Gasteiger charge is -2.62. The highest BCUT2D eigenvalue weighted by atomic mass is 16.3. The van der Waals surface area contributed by atoms with E-state index in [2.05, 4.69) is 20.8 Å². The quantitative estimate of drug-likeness (QED) is 0.582. The van der Waals surface area contributed by atoms with Gasteiger partial charge in [0, 0.05) is 6.61 Å². The molecule has 4 aliphatic carbocycles. The summed E-state index contributed by atoms with van der Waals surface area (Å²) < 4.78 is 0. The highest BCUT2D eigenvalue weighted by molar-refractivity contribution is 5.10. The van der Waals surface area contributed by atoms with Gasteiger partial charge < -0.3 is 10.2 Å². The Hall–Kier alpha value is -0.0800. The molecule has 0 saturated heterocycles. The molecule has 0 spiro atoms. The van der Waals surface area contributed by atoms with E-state index in [0.29, 0.717) is 17.4 Å². The van der Waals surface area contributed by atoms with Gasteiger partial charge in [0.25, 0.3) is 0 Å². The minimum atomic E-state index is -0.370. The summed E-state index contributed by atoms with van der Waals surface area (Å²) in [5.41, 5.74) is 0.685. The van der Waals surface area contributed by atoms with Crippen LogP contribution in [-0.2, 0) is 0 Å². The van der Waals surface area contributed by atoms with E-state index in [1.54, 1.807) is 0 Å². The number of aliphatic hydroxyl groups excluding tert-OH is 1. The average molecular weight is 377 g/mol. The van der Waals surface area contributed by atoms with Crippen molar-refractivity contribution in [2.45, 2.75) is 110 Å². The molecule has 27 heavy (non-hydrogen) atoms. The van der Waals surface area contributed by atoms with Crippen molar-refractivity contribution in [3.63, 3.8) is 0 Å². The normalized spacial score (nSPS) is 52.1. The number of hydrogen-bond acceptors (Lipinski definition) is 2. The van der Waals surface area contributed by atoms with Gasteiger partial charge in [-0.3, -0.25) is 0 Å². The predicted octanol–water partition coefficient (Wildman–Crippen LogP) is 5.95. The fraction of sp³-hybridized carbons (Fsp3) is 1.00. The third-order valence-corrected chi connectivity index (χ3v) is 10.6. The molecule has 4 saturated carbocycles. The van der Waals surface area contributed by atoms with Crippen LogP contribution in [0.3, 0.4) is 0 Å². The second-order valence-corrected chi connectivity index (χ2v) is 11.5. The highest BCUT2D eigenvalue weighted by Crippen LogP contribution is 2.68. The molecule has 6 unspecified atom stereocenters. The van der Waals surface area contributed by atoms with E-state index in [-0.39, 0.29) is 5.60 Å². The van der Waals surface area contributed by atoms with Gasteiger partial charge in [-0.15, -0.1) is 0 Å². The van der Waals surface area contributed by atoms with Crippen LogP contribution in [0.25, 0.3) is 0 Å². The van der Waals surface area contributed by atoms with Crippen molar-refractivity contribution in [1.29, 1.82) is 0 Å². The zero-order valence-corrected chi connectivity index (χ0v) is 18.2. The van der Waals surface area contributed by atoms with Crippen LogP contribution in [0.2, 0.25) is 0 Å². The van der Waals surface area contributed by atoms with Crippen molar-refractivity contribution in [3.05, 3.63) is 0 Å². The molecule has 0 aromatic carbocycles. The summed E-state index contributed by atoms with van der Waals surface area (Å²) in [6.45, 7) is 7.78. The van der Waals surface area contributed by atoms with E-state index in [4.69, 9.17) is 5.11 Å². The van der Waals surface area contributed by atoms with Gasteiger partial charge in [-0.1, -0.05) is 27.2 Å². The Labute approximate surface area is 167 Å². The molecule has 2 heteroatoms. The Morgan fingerprint density at radius 1 is 0.852 bits per heavy atom. The predicted molar refractivity (Wildman–Crippen MR) is 111 cm³/mol. The number of unbranched alkanes of at least 4 members (excludes halogenated alkanes) is 1.